The molecule has 0 aromatic carbocycles. The van der Waals surface area contributed by atoms with Gasteiger partial charge in [-0.15, -0.1) is 0 Å². The number of hydrogen-bond acceptors (Lipinski definition) is 2. The van der Waals surface area contributed by atoms with Gasteiger partial charge in [-0.25, -0.2) is 0 Å². The zero-order valence-electron chi connectivity index (χ0n) is 11.4. The summed E-state index contributed by atoms with van der Waals surface area (Å²) in [6.07, 6.45) is 8.08. The molecule has 96 valence electrons. The normalized spacial score (nSPS) is 42.9. The van der Waals surface area contributed by atoms with Crippen LogP contribution < -0.4 is 0 Å². The molecule has 0 aromatic heterocycles. The highest BCUT2D eigenvalue weighted by Crippen LogP contribution is 2.58. The van der Waals surface area contributed by atoms with Gasteiger partial charge in [0.1, 0.15) is 0 Å². The third-order valence-corrected chi connectivity index (χ3v) is 4.59. The Kier molecular flexibility index (Phi) is 2.79. The van der Waals surface area contributed by atoms with Crippen LogP contribution in [-0.2, 0) is 4.74 Å². The van der Waals surface area contributed by atoms with Crippen molar-refractivity contribution in [2.75, 3.05) is 0 Å². The van der Waals surface area contributed by atoms with E-state index in [0.29, 0.717) is 12.0 Å². The van der Waals surface area contributed by atoms with Crippen molar-refractivity contribution in [3.63, 3.8) is 0 Å². The summed E-state index contributed by atoms with van der Waals surface area (Å²) in [7, 11) is 0. The van der Waals surface area contributed by atoms with Crippen molar-refractivity contribution >= 4 is 0 Å². The SMILES string of the molecule is C=CC(C)(O)C=C[C@@]12O[C@H](C[C@H]1C)CC2(C)C. The highest BCUT2D eigenvalue weighted by atomic mass is 16.5. The summed E-state index contributed by atoms with van der Waals surface area (Å²) in [5.74, 6) is 0.508. The molecule has 0 amide bonds. The molecular formula is C15H24O2. The van der Waals surface area contributed by atoms with Crippen LogP contribution in [0.4, 0.5) is 0 Å². The van der Waals surface area contributed by atoms with Gasteiger partial charge in [0.15, 0.2) is 0 Å². The summed E-state index contributed by atoms with van der Waals surface area (Å²) in [5.41, 5.74) is -1.03. The van der Waals surface area contributed by atoms with E-state index in [-0.39, 0.29) is 11.0 Å². The molecule has 0 aromatic rings. The predicted molar refractivity (Wildman–Crippen MR) is 69.7 cm³/mol. The van der Waals surface area contributed by atoms with Gasteiger partial charge in [-0.1, -0.05) is 45.6 Å². The molecule has 0 radical (unpaired) electrons. The fraction of sp³-hybridized carbons (Fsp3) is 0.733. The molecule has 0 spiro atoms. The monoisotopic (exact) mass is 236 g/mol. The summed E-state index contributed by atoms with van der Waals surface area (Å²) in [6.45, 7) is 12.2. The average molecular weight is 236 g/mol. The number of rotatable bonds is 3. The first-order chi connectivity index (χ1) is 7.72. The summed E-state index contributed by atoms with van der Waals surface area (Å²) in [5, 5.41) is 10.0. The third kappa shape index (κ3) is 1.88. The Hall–Kier alpha value is -0.600. The van der Waals surface area contributed by atoms with Crippen LogP contribution in [0.2, 0.25) is 0 Å². The molecule has 2 bridgehead atoms. The lowest BCUT2D eigenvalue weighted by molar-refractivity contribution is -0.0183. The van der Waals surface area contributed by atoms with Gasteiger partial charge in [-0.3, -0.25) is 0 Å². The predicted octanol–water partition coefficient (Wildman–Crippen LogP) is 3.07. The second kappa shape index (κ2) is 3.69. The van der Waals surface area contributed by atoms with E-state index in [0.717, 1.165) is 12.8 Å². The van der Waals surface area contributed by atoms with Crippen molar-refractivity contribution in [2.24, 2.45) is 11.3 Å². The van der Waals surface area contributed by atoms with E-state index in [9.17, 15) is 5.11 Å². The van der Waals surface area contributed by atoms with Gasteiger partial charge in [0, 0.05) is 5.41 Å². The fourth-order valence-corrected chi connectivity index (χ4v) is 3.48. The van der Waals surface area contributed by atoms with E-state index in [1.54, 1.807) is 13.0 Å². The van der Waals surface area contributed by atoms with Crippen LogP contribution >= 0.6 is 0 Å². The van der Waals surface area contributed by atoms with Crippen LogP contribution in [0.5, 0.6) is 0 Å². The summed E-state index contributed by atoms with van der Waals surface area (Å²) >= 11 is 0. The Labute approximate surface area is 104 Å². The third-order valence-electron chi connectivity index (χ3n) is 4.59. The van der Waals surface area contributed by atoms with E-state index in [2.05, 4.69) is 33.4 Å². The quantitative estimate of drug-likeness (QED) is 0.763. The van der Waals surface area contributed by atoms with Crippen molar-refractivity contribution in [1.82, 2.24) is 0 Å². The molecule has 2 rings (SSSR count). The molecule has 2 aliphatic heterocycles. The van der Waals surface area contributed by atoms with Gasteiger partial charge >= 0.3 is 0 Å². The zero-order chi connectivity index (χ0) is 12.9. The number of fused-ring (bicyclic) bond motifs is 2. The maximum Gasteiger partial charge on any atom is 0.0978 e. The van der Waals surface area contributed by atoms with Crippen LogP contribution in [0.25, 0.3) is 0 Å². The van der Waals surface area contributed by atoms with Gasteiger partial charge in [0.2, 0.25) is 0 Å². The Bertz CT molecular complexity index is 354. The van der Waals surface area contributed by atoms with E-state index in [4.69, 9.17) is 4.74 Å². The highest BCUT2D eigenvalue weighted by molar-refractivity contribution is 5.23. The molecular weight excluding hydrogens is 212 g/mol. The Morgan fingerprint density at radius 3 is 2.59 bits per heavy atom. The van der Waals surface area contributed by atoms with Crippen LogP contribution in [-0.4, -0.2) is 22.4 Å². The minimum atomic E-state index is -0.950. The molecule has 2 heterocycles. The molecule has 0 saturated carbocycles. The standard InChI is InChI=1S/C15H24O2/c1-6-14(5,16)7-8-15-11(2)9-12(17-15)10-13(15,3)4/h6-8,11-12,16H,1,9-10H2,2-5H3/t11-,12-,14?,15-/m1/s1. The van der Waals surface area contributed by atoms with E-state index in [1.165, 1.54) is 0 Å². The number of hydrogen-bond donors (Lipinski definition) is 1. The van der Waals surface area contributed by atoms with E-state index >= 15 is 0 Å². The largest absolute Gasteiger partial charge is 0.382 e. The highest BCUT2D eigenvalue weighted by Gasteiger charge is 2.60. The van der Waals surface area contributed by atoms with Gasteiger partial charge < -0.3 is 9.84 Å². The lowest BCUT2D eigenvalue weighted by Gasteiger charge is -2.41. The van der Waals surface area contributed by atoms with Crippen LogP contribution in [0.15, 0.2) is 24.8 Å². The minimum absolute atomic E-state index is 0.142. The smallest absolute Gasteiger partial charge is 0.0978 e. The summed E-state index contributed by atoms with van der Waals surface area (Å²) < 4.78 is 6.20. The summed E-state index contributed by atoms with van der Waals surface area (Å²) in [6, 6.07) is 0. The van der Waals surface area contributed by atoms with E-state index < -0.39 is 5.60 Å². The molecule has 1 N–H and O–H groups in total. The molecule has 2 heteroatoms. The lowest BCUT2D eigenvalue weighted by Crippen LogP contribution is -2.45. The van der Waals surface area contributed by atoms with Gasteiger partial charge in [0.05, 0.1) is 17.3 Å². The second-order valence-corrected chi connectivity index (χ2v) is 6.52. The Balaban J connectivity index is 2.31. The maximum absolute atomic E-state index is 10.0. The average Bonchev–Trinajstić information content (AvgIpc) is 2.64. The first kappa shape index (κ1) is 12.8. The van der Waals surface area contributed by atoms with Crippen LogP contribution in [0.1, 0.15) is 40.5 Å². The molecule has 17 heavy (non-hydrogen) atoms. The van der Waals surface area contributed by atoms with Crippen LogP contribution in [0.3, 0.4) is 0 Å². The molecule has 4 atom stereocenters. The topological polar surface area (TPSA) is 29.5 Å². The second-order valence-electron chi connectivity index (χ2n) is 6.52. The van der Waals surface area contributed by atoms with Crippen molar-refractivity contribution in [3.8, 4) is 0 Å². The van der Waals surface area contributed by atoms with Crippen molar-refractivity contribution in [2.45, 2.75) is 57.8 Å². The molecule has 0 aliphatic carbocycles. The maximum atomic E-state index is 10.0. The zero-order valence-corrected chi connectivity index (χ0v) is 11.4. The Morgan fingerprint density at radius 1 is 1.47 bits per heavy atom. The molecule has 1 unspecified atom stereocenters. The summed E-state index contributed by atoms with van der Waals surface area (Å²) in [4.78, 5) is 0. The van der Waals surface area contributed by atoms with Crippen LogP contribution in [0, 0.1) is 11.3 Å². The van der Waals surface area contributed by atoms with Crippen molar-refractivity contribution in [1.29, 1.82) is 0 Å². The first-order valence-electron chi connectivity index (χ1n) is 6.47. The van der Waals surface area contributed by atoms with Crippen molar-refractivity contribution < 1.29 is 9.84 Å². The molecule has 2 nitrogen and oxygen atoms in total. The van der Waals surface area contributed by atoms with Crippen molar-refractivity contribution in [3.05, 3.63) is 24.8 Å². The lowest BCUT2D eigenvalue weighted by atomic mass is 9.63. The molecule has 2 saturated heterocycles. The fourth-order valence-electron chi connectivity index (χ4n) is 3.48. The Morgan fingerprint density at radius 2 is 2.12 bits per heavy atom. The molecule has 2 aliphatic rings. The van der Waals surface area contributed by atoms with Gasteiger partial charge in [-0.2, -0.15) is 0 Å². The number of ether oxygens (including phenoxy) is 1. The first-order valence-corrected chi connectivity index (χ1v) is 6.47. The number of aliphatic hydroxyl groups is 1. The molecule has 2 fully saturated rings. The van der Waals surface area contributed by atoms with E-state index in [1.807, 2.05) is 6.08 Å². The minimum Gasteiger partial charge on any atom is -0.382 e. The van der Waals surface area contributed by atoms with Gasteiger partial charge in [0.25, 0.3) is 0 Å². The van der Waals surface area contributed by atoms with Gasteiger partial charge in [-0.05, 0) is 25.7 Å².